The van der Waals surface area contributed by atoms with E-state index in [1.165, 1.54) is 12.4 Å². The molecule has 0 bridgehead atoms. The van der Waals surface area contributed by atoms with Gasteiger partial charge in [0.2, 0.25) is 0 Å². The lowest BCUT2D eigenvalue weighted by Crippen LogP contribution is -2.27. The Hall–Kier alpha value is -2.44. The summed E-state index contributed by atoms with van der Waals surface area (Å²) in [5, 5.41) is 9.28. The molecular weight excluding hydrogens is 220 g/mol. The van der Waals surface area contributed by atoms with Gasteiger partial charge in [-0.3, -0.25) is 9.89 Å². The predicted molar refractivity (Wildman–Crippen MR) is 60.9 cm³/mol. The SMILES string of the molecule is CC(NC(=O)c1cnc(N)cn1)c1cn[nH]c1. The summed E-state index contributed by atoms with van der Waals surface area (Å²) in [7, 11) is 0. The average Bonchev–Trinajstić information content (AvgIpc) is 2.83. The van der Waals surface area contributed by atoms with Gasteiger partial charge in [-0.2, -0.15) is 5.10 Å². The highest BCUT2D eigenvalue weighted by atomic mass is 16.1. The molecule has 0 aliphatic carbocycles. The Bertz CT molecular complexity index is 492. The molecular formula is C10H12N6O. The fourth-order valence-corrected chi connectivity index (χ4v) is 1.31. The van der Waals surface area contributed by atoms with Crippen LogP contribution in [0.2, 0.25) is 0 Å². The van der Waals surface area contributed by atoms with Crippen LogP contribution in [0, 0.1) is 0 Å². The molecule has 17 heavy (non-hydrogen) atoms. The highest BCUT2D eigenvalue weighted by molar-refractivity contribution is 5.92. The van der Waals surface area contributed by atoms with E-state index in [2.05, 4.69) is 25.5 Å². The first-order valence-electron chi connectivity index (χ1n) is 5.04. The van der Waals surface area contributed by atoms with Crippen molar-refractivity contribution in [2.75, 3.05) is 5.73 Å². The third-order valence-corrected chi connectivity index (χ3v) is 2.27. The third kappa shape index (κ3) is 2.57. The molecule has 0 fully saturated rings. The van der Waals surface area contributed by atoms with E-state index in [1.807, 2.05) is 6.92 Å². The zero-order chi connectivity index (χ0) is 12.3. The van der Waals surface area contributed by atoms with Gasteiger partial charge in [0.25, 0.3) is 5.91 Å². The lowest BCUT2D eigenvalue weighted by atomic mass is 10.2. The second-order valence-electron chi connectivity index (χ2n) is 3.55. The van der Waals surface area contributed by atoms with Crippen LogP contribution in [-0.4, -0.2) is 26.1 Å². The van der Waals surface area contributed by atoms with Crippen LogP contribution in [-0.2, 0) is 0 Å². The zero-order valence-electron chi connectivity index (χ0n) is 9.21. The van der Waals surface area contributed by atoms with Gasteiger partial charge in [0.15, 0.2) is 0 Å². The number of hydrogen-bond acceptors (Lipinski definition) is 5. The summed E-state index contributed by atoms with van der Waals surface area (Å²) < 4.78 is 0. The Morgan fingerprint density at radius 2 is 2.24 bits per heavy atom. The Balaban J connectivity index is 2.04. The minimum absolute atomic E-state index is 0.152. The first-order chi connectivity index (χ1) is 8.16. The van der Waals surface area contributed by atoms with Crippen molar-refractivity contribution in [3.05, 3.63) is 36.0 Å². The maximum atomic E-state index is 11.8. The molecule has 1 amide bonds. The summed E-state index contributed by atoms with van der Waals surface area (Å²) in [6.45, 7) is 1.85. The van der Waals surface area contributed by atoms with Crippen molar-refractivity contribution < 1.29 is 4.79 Å². The maximum absolute atomic E-state index is 11.8. The van der Waals surface area contributed by atoms with E-state index < -0.39 is 0 Å². The van der Waals surface area contributed by atoms with Crippen LogP contribution in [0.25, 0.3) is 0 Å². The number of aromatic nitrogens is 4. The number of nitrogens with two attached hydrogens (primary N) is 1. The summed E-state index contributed by atoms with van der Waals surface area (Å²) >= 11 is 0. The van der Waals surface area contributed by atoms with Gasteiger partial charge in [0.05, 0.1) is 24.6 Å². The molecule has 0 saturated heterocycles. The zero-order valence-corrected chi connectivity index (χ0v) is 9.21. The number of hydrogen-bond donors (Lipinski definition) is 3. The Labute approximate surface area is 97.5 Å². The van der Waals surface area contributed by atoms with Gasteiger partial charge in [-0.1, -0.05) is 0 Å². The van der Waals surface area contributed by atoms with Gasteiger partial charge in [-0.15, -0.1) is 0 Å². The Morgan fingerprint density at radius 1 is 1.41 bits per heavy atom. The number of amides is 1. The van der Waals surface area contributed by atoms with Crippen LogP contribution in [0.15, 0.2) is 24.8 Å². The largest absolute Gasteiger partial charge is 0.382 e. The first-order valence-corrected chi connectivity index (χ1v) is 5.04. The van der Waals surface area contributed by atoms with Crippen LogP contribution in [0.3, 0.4) is 0 Å². The molecule has 2 aromatic heterocycles. The number of carbonyl (C=O) groups excluding carboxylic acids is 1. The fraction of sp³-hybridized carbons (Fsp3) is 0.200. The Kier molecular flexibility index (Phi) is 2.99. The summed E-state index contributed by atoms with van der Waals surface area (Å²) in [6, 6.07) is -0.152. The van der Waals surface area contributed by atoms with Crippen molar-refractivity contribution >= 4 is 11.7 Å². The van der Waals surface area contributed by atoms with Crippen LogP contribution in [0.5, 0.6) is 0 Å². The second-order valence-corrected chi connectivity index (χ2v) is 3.55. The molecule has 1 atom stereocenters. The van der Waals surface area contributed by atoms with Crippen LogP contribution < -0.4 is 11.1 Å². The first kappa shape index (κ1) is 11.1. The average molecular weight is 232 g/mol. The van der Waals surface area contributed by atoms with Gasteiger partial charge in [-0.25, -0.2) is 9.97 Å². The number of aromatic amines is 1. The quantitative estimate of drug-likeness (QED) is 0.703. The number of carbonyl (C=O) groups is 1. The van der Waals surface area contributed by atoms with E-state index in [9.17, 15) is 4.79 Å². The summed E-state index contributed by atoms with van der Waals surface area (Å²) in [4.78, 5) is 19.5. The van der Waals surface area contributed by atoms with Crippen LogP contribution >= 0.6 is 0 Å². The summed E-state index contributed by atoms with van der Waals surface area (Å²) in [5.74, 6) is -0.0179. The molecule has 0 saturated carbocycles. The summed E-state index contributed by atoms with van der Waals surface area (Å²) in [6.07, 6.45) is 6.06. The minimum atomic E-state index is -0.300. The fourth-order valence-electron chi connectivity index (χ4n) is 1.31. The van der Waals surface area contributed by atoms with Gasteiger partial charge in [0, 0.05) is 11.8 Å². The van der Waals surface area contributed by atoms with Crippen molar-refractivity contribution in [3.8, 4) is 0 Å². The molecule has 7 heteroatoms. The smallest absolute Gasteiger partial charge is 0.271 e. The third-order valence-electron chi connectivity index (χ3n) is 2.27. The topological polar surface area (TPSA) is 110 Å². The molecule has 2 rings (SSSR count). The lowest BCUT2D eigenvalue weighted by molar-refractivity contribution is 0.0934. The number of nitrogen functional groups attached to an aromatic ring is 1. The minimum Gasteiger partial charge on any atom is -0.382 e. The van der Waals surface area contributed by atoms with Crippen molar-refractivity contribution in [2.24, 2.45) is 0 Å². The van der Waals surface area contributed by atoms with Gasteiger partial charge >= 0.3 is 0 Å². The van der Waals surface area contributed by atoms with Crippen LogP contribution in [0.1, 0.15) is 29.0 Å². The van der Waals surface area contributed by atoms with E-state index in [0.717, 1.165) is 5.56 Å². The number of anilines is 1. The molecule has 7 nitrogen and oxygen atoms in total. The monoisotopic (exact) mass is 232 g/mol. The van der Waals surface area contributed by atoms with Gasteiger partial charge in [-0.05, 0) is 6.92 Å². The van der Waals surface area contributed by atoms with E-state index in [4.69, 9.17) is 5.73 Å². The van der Waals surface area contributed by atoms with Crippen molar-refractivity contribution in [1.29, 1.82) is 0 Å². The predicted octanol–water partition coefficient (Wildman–Crippen LogP) is 0.273. The maximum Gasteiger partial charge on any atom is 0.271 e. The molecule has 4 N–H and O–H groups in total. The number of rotatable bonds is 3. The second kappa shape index (κ2) is 4.60. The molecule has 0 aromatic carbocycles. The normalized spacial score (nSPS) is 12.1. The standard InChI is InChI=1S/C10H12N6O/c1-6(7-2-14-15-3-7)16-10(17)8-4-13-9(11)5-12-8/h2-6H,1H3,(H2,11,13)(H,14,15)(H,16,17). The van der Waals surface area contributed by atoms with E-state index in [-0.39, 0.29) is 23.5 Å². The Morgan fingerprint density at radius 3 is 2.82 bits per heavy atom. The van der Waals surface area contributed by atoms with Gasteiger partial charge in [0.1, 0.15) is 11.5 Å². The number of H-pyrrole nitrogens is 1. The van der Waals surface area contributed by atoms with Crippen molar-refractivity contribution in [1.82, 2.24) is 25.5 Å². The summed E-state index contributed by atoms with van der Waals surface area (Å²) in [5.41, 5.74) is 6.51. The highest BCUT2D eigenvalue weighted by Crippen LogP contribution is 2.09. The van der Waals surface area contributed by atoms with Crippen LogP contribution in [0.4, 0.5) is 5.82 Å². The molecule has 0 radical (unpaired) electrons. The van der Waals surface area contributed by atoms with E-state index in [1.54, 1.807) is 12.4 Å². The van der Waals surface area contributed by atoms with E-state index >= 15 is 0 Å². The molecule has 88 valence electrons. The highest BCUT2D eigenvalue weighted by Gasteiger charge is 2.13. The molecule has 0 spiro atoms. The van der Waals surface area contributed by atoms with E-state index in [0.29, 0.717) is 0 Å². The number of nitrogens with zero attached hydrogens (tertiary/aromatic N) is 3. The number of nitrogens with one attached hydrogen (secondary N) is 2. The molecule has 2 aromatic rings. The van der Waals surface area contributed by atoms with Crippen molar-refractivity contribution in [3.63, 3.8) is 0 Å². The van der Waals surface area contributed by atoms with Gasteiger partial charge < -0.3 is 11.1 Å². The molecule has 1 unspecified atom stereocenters. The molecule has 0 aliphatic heterocycles. The van der Waals surface area contributed by atoms with Crippen molar-refractivity contribution in [2.45, 2.75) is 13.0 Å². The lowest BCUT2D eigenvalue weighted by Gasteiger charge is -2.11. The molecule has 0 aliphatic rings. The molecule has 2 heterocycles.